The highest BCUT2D eigenvalue weighted by Gasteiger charge is 2.47. The molecule has 0 spiro atoms. The molecular formula is C29H26ClN3O2. The third-order valence-electron chi connectivity index (χ3n) is 7.33. The molecule has 6 rings (SSSR count). The minimum atomic E-state index is -0.508. The average Bonchev–Trinajstić information content (AvgIpc) is 3.25. The third-order valence-corrected chi connectivity index (χ3v) is 7.70. The van der Waals surface area contributed by atoms with E-state index in [1.807, 2.05) is 59.5 Å². The number of para-hydroxylation sites is 1. The first kappa shape index (κ1) is 21.9. The summed E-state index contributed by atoms with van der Waals surface area (Å²) in [7, 11) is 0. The molecule has 1 fully saturated rings. The van der Waals surface area contributed by atoms with Crippen molar-refractivity contribution in [3.05, 3.63) is 106 Å². The molecule has 1 N–H and O–H groups in total. The molecule has 2 amide bonds. The molecule has 0 aliphatic carbocycles. The molecule has 2 atom stereocenters. The highest BCUT2D eigenvalue weighted by atomic mass is 35.5. The van der Waals surface area contributed by atoms with Crippen LogP contribution in [0.4, 0.5) is 0 Å². The van der Waals surface area contributed by atoms with E-state index in [1.165, 1.54) is 5.56 Å². The number of halogens is 1. The molecular weight excluding hydrogens is 458 g/mol. The summed E-state index contributed by atoms with van der Waals surface area (Å²) in [5, 5.41) is 1.74. The van der Waals surface area contributed by atoms with Crippen molar-refractivity contribution in [2.75, 3.05) is 6.54 Å². The van der Waals surface area contributed by atoms with Gasteiger partial charge in [-0.2, -0.15) is 0 Å². The molecule has 0 saturated carbocycles. The summed E-state index contributed by atoms with van der Waals surface area (Å²) in [6, 6.07) is 25.3. The van der Waals surface area contributed by atoms with Crippen LogP contribution in [-0.4, -0.2) is 39.2 Å². The van der Waals surface area contributed by atoms with E-state index in [0.717, 1.165) is 40.6 Å². The Morgan fingerprint density at radius 3 is 2.49 bits per heavy atom. The summed E-state index contributed by atoms with van der Waals surface area (Å²) in [4.78, 5) is 34.5. The van der Waals surface area contributed by atoms with Gasteiger partial charge in [0.05, 0.1) is 6.04 Å². The molecule has 35 heavy (non-hydrogen) atoms. The number of hydrogen-bond acceptors (Lipinski definition) is 2. The summed E-state index contributed by atoms with van der Waals surface area (Å²) in [6.45, 7) is 0.405. The Morgan fingerprint density at radius 1 is 0.914 bits per heavy atom. The van der Waals surface area contributed by atoms with Gasteiger partial charge in [0.15, 0.2) is 0 Å². The van der Waals surface area contributed by atoms with E-state index in [0.29, 0.717) is 18.0 Å². The predicted octanol–water partition coefficient (Wildman–Crippen LogP) is 5.29. The zero-order valence-corrected chi connectivity index (χ0v) is 20.0. The maximum Gasteiger partial charge on any atom is 0.246 e. The number of hydrogen-bond donors (Lipinski definition) is 1. The Balaban J connectivity index is 1.37. The molecule has 176 valence electrons. The zero-order chi connectivity index (χ0) is 23.9. The molecule has 6 heteroatoms. The van der Waals surface area contributed by atoms with Gasteiger partial charge >= 0.3 is 0 Å². The topological polar surface area (TPSA) is 56.4 Å². The highest BCUT2D eigenvalue weighted by molar-refractivity contribution is 6.31. The van der Waals surface area contributed by atoms with Crippen molar-refractivity contribution in [2.45, 2.75) is 37.9 Å². The van der Waals surface area contributed by atoms with Crippen molar-refractivity contribution >= 4 is 34.3 Å². The summed E-state index contributed by atoms with van der Waals surface area (Å²) in [6.07, 6.45) is 2.10. The summed E-state index contributed by atoms with van der Waals surface area (Å²) in [5.74, 6) is -0.0193. The second kappa shape index (κ2) is 8.90. The Morgan fingerprint density at radius 2 is 1.66 bits per heavy atom. The number of carbonyl (C=O) groups is 2. The quantitative estimate of drug-likeness (QED) is 0.419. The first-order valence-corrected chi connectivity index (χ1v) is 12.4. The molecule has 4 aromatic rings. The molecule has 0 radical (unpaired) electrons. The largest absolute Gasteiger partial charge is 0.356 e. The van der Waals surface area contributed by atoms with Crippen molar-refractivity contribution in [3.63, 3.8) is 0 Å². The van der Waals surface area contributed by atoms with Crippen molar-refractivity contribution in [2.24, 2.45) is 0 Å². The van der Waals surface area contributed by atoms with Crippen LogP contribution in [0.15, 0.2) is 78.9 Å². The maximum atomic E-state index is 13.8. The Labute approximate surface area is 209 Å². The van der Waals surface area contributed by atoms with Gasteiger partial charge in [-0.25, -0.2) is 0 Å². The number of H-pyrrole nitrogens is 1. The smallest absolute Gasteiger partial charge is 0.246 e. The summed E-state index contributed by atoms with van der Waals surface area (Å²) in [5.41, 5.74) is 5.35. The van der Waals surface area contributed by atoms with E-state index in [9.17, 15) is 9.59 Å². The molecule has 1 saturated heterocycles. The number of carbonyl (C=O) groups excluding carboxylic acids is 2. The minimum absolute atomic E-state index is 0.00911. The number of amides is 2. The van der Waals surface area contributed by atoms with Crippen molar-refractivity contribution < 1.29 is 9.59 Å². The average molecular weight is 484 g/mol. The fourth-order valence-corrected chi connectivity index (χ4v) is 5.85. The Bertz CT molecular complexity index is 1410. The number of piperazine rings is 1. The number of fused-ring (bicyclic) bond motifs is 4. The third kappa shape index (κ3) is 3.90. The van der Waals surface area contributed by atoms with Crippen molar-refractivity contribution in [1.82, 2.24) is 14.8 Å². The van der Waals surface area contributed by atoms with Crippen LogP contribution in [0.3, 0.4) is 0 Å². The predicted molar refractivity (Wildman–Crippen MR) is 137 cm³/mol. The molecule has 5 nitrogen and oxygen atoms in total. The number of benzene rings is 3. The van der Waals surface area contributed by atoms with Gasteiger partial charge in [0.1, 0.15) is 12.6 Å². The van der Waals surface area contributed by atoms with Gasteiger partial charge in [-0.05, 0) is 41.7 Å². The number of aryl methyl sites for hydroxylation is 1. The minimum Gasteiger partial charge on any atom is -0.356 e. The first-order chi connectivity index (χ1) is 17.1. The lowest BCUT2D eigenvalue weighted by Crippen LogP contribution is -2.62. The lowest BCUT2D eigenvalue weighted by atomic mass is 9.86. The zero-order valence-electron chi connectivity index (χ0n) is 19.3. The van der Waals surface area contributed by atoms with Crippen LogP contribution in [0.1, 0.15) is 34.8 Å². The fraction of sp³-hybridized carbons (Fsp3) is 0.241. The van der Waals surface area contributed by atoms with Gasteiger partial charge in [-0.3, -0.25) is 9.59 Å². The van der Waals surface area contributed by atoms with Gasteiger partial charge in [0, 0.05) is 34.6 Å². The van der Waals surface area contributed by atoms with E-state index >= 15 is 0 Å². The Hall–Kier alpha value is -3.57. The number of nitrogens with one attached hydrogen (secondary N) is 1. The number of nitrogens with zero attached hydrogens (tertiary/aromatic N) is 2. The summed E-state index contributed by atoms with van der Waals surface area (Å²) >= 11 is 6.37. The lowest BCUT2D eigenvalue weighted by molar-refractivity contribution is -0.160. The van der Waals surface area contributed by atoms with Gasteiger partial charge in [-0.1, -0.05) is 78.3 Å². The van der Waals surface area contributed by atoms with Crippen LogP contribution in [0.5, 0.6) is 0 Å². The van der Waals surface area contributed by atoms with E-state index in [2.05, 4.69) is 29.2 Å². The monoisotopic (exact) mass is 483 g/mol. The Kier molecular flexibility index (Phi) is 5.57. The van der Waals surface area contributed by atoms with E-state index in [1.54, 1.807) is 4.90 Å². The molecule has 0 unspecified atom stereocenters. The highest BCUT2D eigenvalue weighted by Crippen LogP contribution is 2.41. The second-order valence-corrected chi connectivity index (χ2v) is 9.82. The fourth-order valence-electron chi connectivity index (χ4n) is 5.66. The van der Waals surface area contributed by atoms with Crippen molar-refractivity contribution in [3.8, 4) is 0 Å². The van der Waals surface area contributed by atoms with Crippen LogP contribution < -0.4 is 0 Å². The molecule has 1 aromatic heterocycles. The van der Waals surface area contributed by atoms with Crippen LogP contribution in [0, 0.1) is 0 Å². The van der Waals surface area contributed by atoms with Crippen LogP contribution >= 0.6 is 11.6 Å². The van der Waals surface area contributed by atoms with E-state index in [4.69, 9.17) is 11.6 Å². The number of rotatable bonds is 5. The molecule has 0 bridgehead atoms. The number of aromatic nitrogens is 1. The SMILES string of the molecule is O=C1[C@@H]2Cc3c([nH]c4ccccc34)[C@H](CCc3ccccc3)N2C(=O)CN1Cc1ccccc1Cl. The molecule has 2 aliphatic rings. The van der Waals surface area contributed by atoms with Gasteiger partial charge < -0.3 is 14.8 Å². The van der Waals surface area contributed by atoms with Crippen LogP contribution in [-0.2, 0) is 29.0 Å². The van der Waals surface area contributed by atoms with Crippen molar-refractivity contribution in [1.29, 1.82) is 0 Å². The maximum absolute atomic E-state index is 13.8. The van der Waals surface area contributed by atoms with Gasteiger partial charge in [0.25, 0.3) is 0 Å². The second-order valence-electron chi connectivity index (χ2n) is 9.41. The standard InChI is InChI=1S/C29H26ClN3O2/c30-23-12-6-4-10-20(23)17-32-18-27(34)33-25(15-14-19-8-2-1-3-9-19)28-22(16-26(33)29(32)35)21-11-5-7-13-24(21)31-28/h1-13,25-26,31H,14-18H2/t25-,26-/m0/s1. The van der Waals surface area contributed by atoms with Crippen LogP contribution in [0.25, 0.3) is 10.9 Å². The first-order valence-electron chi connectivity index (χ1n) is 12.1. The number of aromatic amines is 1. The van der Waals surface area contributed by atoms with Gasteiger partial charge in [-0.15, -0.1) is 0 Å². The molecule has 2 aliphatic heterocycles. The van der Waals surface area contributed by atoms with Crippen LogP contribution in [0.2, 0.25) is 5.02 Å². The normalized spacial score (nSPS) is 19.7. The van der Waals surface area contributed by atoms with E-state index in [-0.39, 0.29) is 24.4 Å². The lowest BCUT2D eigenvalue weighted by Gasteiger charge is -2.47. The van der Waals surface area contributed by atoms with E-state index < -0.39 is 6.04 Å². The summed E-state index contributed by atoms with van der Waals surface area (Å²) < 4.78 is 0. The molecule has 3 heterocycles. The molecule has 3 aromatic carbocycles. The van der Waals surface area contributed by atoms with Gasteiger partial charge in [0.2, 0.25) is 11.8 Å².